The van der Waals surface area contributed by atoms with Crippen LogP contribution in [0.25, 0.3) is 0 Å². The number of hydrogen-bond acceptors (Lipinski definition) is 5. The number of morpholine rings is 1. The molecule has 150 valence electrons. The average molecular weight is 436 g/mol. The van der Waals surface area contributed by atoms with Gasteiger partial charge in [-0.15, -0.1) is 0 Å². The zero-order chi connectivity index (χ0) is 19.4. The zero-order valence-corrected chi connectivity index (χ0v) is 17.2. The minimum Gasteiger partial charge on any atom is -0.374 e. The van der Waals surface area contributed by atoms with E-state index in [1.54, 1.807) is 6.07 Å². The van der Waals surface area contributed by atoms with Gasteiger partial charge in [0.1, 0.15) is 0 Å². The first-order valence-electron chi connectivity index (χ1n) is 8.83. The highest BCUT2D eigenvalue weighted by Gasteiger charge is 2.26. The maximum atomic E-state index is 12.2. The summed E-state index contributed by atoms with van der Waals surface area (Å²) in [6.07, 6.45) is -0.112. The van der Waals surface area contributed by atoms with E-state index in [0.29, 0.717) is 29.7 Å². The number of hydrogen-bond donors (Lipinski definition) is 1. The third kappa shape index (κ3) is 5.96. The summed E-state index contributed by atoms with van der Waals surface area (Å²) in [5, 5.41) is 3.92. The molecule has 1 N–H and O–H groups in total. The van der Waals surface area contributed by atoms with Gasteiger partial charge < -0.3 is 15.0 Å². The van der Waals surface area contributed by atoms with Gasteiger partial charge in [-0.05, 0) is 17.7 Å². The Kier molecular flexibility index (Phi) is 6.86. The maximum absolute atomic E-state index is 12.2. The van der Waals surface area contributed by atoms with Gasteiger partial charge in [-0.3, -0.25) is 4.90 Å². The Morgan fingerprint density at radius 3 is 2.63 bits per heavy atom. The smallest absolute Gasteiger partial charge is 0.317 e. The fourth-order valence-corrected chi connectivity index (χ4v) is 4.69. The highest BCUT2D eigenvalue weighted by Crippen LogP contribution is 2.23. The average Bonchev–Trinajstić information content (AvgIpc) is 2.63. The fourth-order valence-electron chi connectivity index (χ4n) is 3.17. The van der Waals surface area contributed by atoms with Gasteiger partial charge in [0, 0.05) is 39.3 Å². The van der Waals surface area contributed by atoms with Crippen molar-refractivity contribution in [3.05, 3.63) is 33.8 Å². The predicted octanol–water partition coefficient (Wildman–Crippen LogP) is 1.63. The summed E-state index contributed by atoms with van der Waals surface area (Å²) < 4.78 is 28.6. The van der Waals surface area contributed by atoms with E-state index in [1.165, 1.54) is 4.90 Å². The van der Waals surface area contributed by atoms with Gasteiger partial charge in [0.15, 0.2) is 9.84 Å². The molecule has 2 saturated heterocycles. The van der Waals surface area contributed by atoms with Gasteiger partial charge in [0.05, 0.1) is 34.3 Å². The van der Waals surface area contributed by atoms with E-state index in [0.717, 1.165) is 18.7 Å². The van der Waals surface area contributed by atoms with E-state index in [9.17, 15) is 13.2 Å². The summed E-state index contributed by atoms with van der Waals surface area (Å²) in [5.41, 5.74) is 1.07. The molecule has 1 unspecified atom stereocenters. The Morgan fingerprint density at radius 1 is 1.19 bits per heavy atom. The second-order valence-corrected chi connectivity index (χ2v) is 9.92. The van der Waals surface area contributed by atoms with Crippen LogP contribution in [-0.2, 0) is 21.1 Å². The number of ether oxygens (including phenoxy) is 1. The summed E-state index contributed by atoms with van der Waals surface area (Å²) >= 11 is 12.0. The van der Waals surface area contributed by atoms with Gasteiger partial charge >= 0.3 is 6.03 Å². The lowest BCUT2D eigenvalue weighted by molar-refractivity contribution is -0.0290. The van der Waals surface area contributed by atoms with Crippen LogP contribution in [0, 0.1) is 0 Å². The van der Waals surface area contributed by atoms with Crippen molar-refractivity contribution in [1.29, 1.82) is 0 Å². The minimum atomic E-state index is -3.00. The molecule has 0 spiro atoms. The Morgan fingerprint density at radius 2 is 1.93 bits per heavy atom. The van der Waals surface area contributed by atoms with E-state index in [-0.39, 0.29) is 36.7 Å². The fraction of sp³-hybridized carbons (Fsp3) is 0.588. The van der Waals surface area contributed by atoms with Crippen LogP contribution in [0.15, 0.2) is 18.2 Å². The normalized spacial score (nSPS) is 23.2. The Balaban J connectivity index is 1.45. The Bertz CT molecular complexity index is 776. The summed E-state index contributed by atoms with van der Waals surface area (Å²) in [7, 11) is -3.00. The van der Waals surface area contributed by atoms with Crippen LogP contribution in [0.5, 0.6) is 0 Å². The van der Waals surface area contributed by atoms with Crippen LogP contribution in [0.3, 0.4) is 0 Å². The quantitative estimate of drug-likeness (QED) is 0.777. The molecule has 2 amide bonds. The second-order valence-electron chi connectivity index (χ2n) is 6.80. The molecule has 3 rings (SSSR count). The molecule has 0 bridgehead atoms. The molecule has 27 heavy (non-hydrogen) atoms. The summed E-state index contributed by atoms with van der Waals surface area (Å²) in [6.45, 7) is 3.67. The van der Waals surface area contributed by atoms with Gasteiger partial charge in [-0.2, -0.15) is 0 Å². The number of sulfone groups is 1. The van der Waals surface area contributed by atoms with Crippen LogP contribution in [0.2, 0.25) is 10.0 Å². The van der Waals surface area contributed by atoms with E-state index >= 15 is 0 Å². The molecule has 2 aliphatic rings. The summed E-state index contributed by atoms with van der Waals surface area (Å²) in [4.78, 5) is 16.0. The third-order valence-electron chi connectivity index (χ3n) is 4.73. The molecule has 0 aliphatic carbocycles. The van der Waals surface area contributed by atoms with E-state index in [4.69, 9.17) is 27.9 Å². The lowest BCUT2D eigenvalue weighted by Crippen LogP contribution is -2.52. The van der Waals surface area contributed by atoms with Gasteiger partial charge in [-0.25, -0.2) is 13.2 Å². The number of amides is 2. The monoisotopic (exact) mass is 435 g/mol. The minimum absolute atomic E-state index is 0.0256. The van der Waals surface area contributed by atoms with Crippen molar-refractivity contribution in [2.24, 2.45) is 0 Å². The first-order valence-corrected chi connectivity index (χ1v) is 11.4. The van der Waals surface area contributed by atoms with Crippen molar-refractivity contribution in [2.75, 3.05) is 50.8 Å². The number of halogens is 2. The molecule has 0 radical (unpaired) electrons. The number of benzene rings is 1. The van der Waals surface area contributed by atoms with Crippen LogP contribution in [0.4, 0.5) is 4.79 Å². The third-order valence-corrected chi connectivity index (χ3v) is 7.07. The predicted molar refractivity (Wildman–Crippen MR) is 105 cm³/mol. The highest BCUT2D eigenvalue weighted by molar-refractivity contribution is 7.91. The van der Waals surface area contributed by atoms with Gasteiger partial charge in [-0.1, -0.05) is 29.3 Å². The van der Waals surface area contributed by atoms with Crippen molar-refractivity contribution >= 4 is 39.1 Å². The van der Waals surface area contributed by atoms with E-state index in [1.807, 2.05) is 12.1 Å². The van der Waals surface area contributed by atoms with Crippen LogP contribution in [-0.4, -0.2) is 81.2 Å². The molecule has 1 aromatic carbocycles. The molecule has 7 nitrogen and oxygen atoms in total. The number of urea groups is 1. The van der Waals surface area contributed by atoms with Crippen LogP contribution < -0.4 is 5.32 Å². The number of nitrogens with zero attached hydrogens (tertiary/aromatic N) is 2. The summed E-state index contributed by atoms with van der Waals surface area (Å²) in [5.74, 6) is 0.0511. The molecule has 1 atom stereocenters. The second kappa shape index (κ2) is 8.96. The first kappa shape index (κ1) is 20.7. The maximum Gasteiger partial charge on any atom is 0.317 e. The molecule has 2 heterocycles. The van der Waals surface area contributed by atoms with Gasteiger partial charge in [0.25, 0.3) is 0 Å². The molecule has 2 aliphatic heterocycles. The first-order chi connectivity index (χ1) is 12.8. The standard InChI is InChI=1S/C17H23Cl2N3O4S/c18-15-2-1-13(9-16(15)19)11-21-3-6-26-14(12-21)10-20-17(23)22-4-7-27(24,25)8-5-22/h1-2,9,14H,3-8,10-12H2,(H,20,23). The van der Waals surface area contributed by atoms with E-state index < -0.39 is 9.84 Å². The SMILES string of the molecule is O=C(NCC1CN(Cc2ccc(Cl)c(Cl)c2)CCO1)N1CCS(=O)(=O)CC1. The van der Waals surface area contributed by atoms with Crippen LogP contribution in [0.1, 0.15) is 5.56 Å². The molecule has 0 saturated carbocycles. The number of carbonyl (C=O) groups is 1. The highest BCUT2D eigenvalue weighted by atomic mass is 35.5. The summed E-state index contributed by atoms with van der Waals surface area (Å²) in [6, 6.07) is 5.36. The van der Waals surface area contributed by atoms with Crippen molar-refractivity contribution < 1.29 is 17.9 Å². The molecular weight excluding hydrogens is 413 g/mol. The molecule has 1 aromatic rings. The largest absolute Gasteiger partial charge is 0.374 e. The Hall–Kier alpha value is -1.06. The number of nitrogens with one attached hydrogen (secondary N) is 1. The molecule has 2 fully saturated rings. The van der Waals surface area contributed by atoms with Crippen molar-refractivity contribution in [2.45, 2.75) is 12.6 Å². The topological polar surface area (TPSA) is 79.0 Å². The number of carbonyl (C=O) groups excluding carboxylic acids is 1. The van der Waals surface area contributed by atoms with Crippen molar-refractivity contribution in [3.8, 4) is 0 Å². The molecule has 0 aromatic heterocycles. The van der Waals surface area contributed by atoms with Crippen LogP contribution >= 0.6 is 23.2 Å². The Labute approximate surface area is 169 Å². The zero-order valence-electron chi connectivity index (χ0n) is 14.9. The number of rotatable bonds is 4. The van der Waals surface area contributed by atoms with E-state index in [2.05, 4.69) is 10.2 Å². The van der Waals surface area contributed by atoms with Gasteiger partial charge in [0.2, 0.25) is 0 Å². The lowest BCUT2D eigenvalue weighted by Gasteiger charge is -2.34. The molecule has 10 heteroatoms. The molecular formula is C17H23Cl2N3O4S. The van der Waals surface area contributed by atoms with Crippen molar-refractivity contribution in [3.63, 3.8) is 0 Å². The lowest BCUT2D eigenvalue weighted by atomic mass is 10.2. The van der Waals surface area contributed by atoms with Crippen molar-refractivity contribution in [1.82, 2.24) is 15.1 Å².